The molecule has 3 aromatic rings. The predicted octanol–water partition coefficient (Wildman–Crippen LogP) is 4.26. The molecule has 26 heavy (non-hydrogen) atoms. The first kappa shape index (κ1) is 16.9. The summed E-state index contributed by atoms with van der Waals surface area (Å²) in [5.41, 5.74) is 3.02. The molecule has 2 atom stereocenters. The van der Waals surface area contributed by atoms with Crippen LogP contribution in [0.1, 0.15) is 47.4 Å². The molecule has 0 unspecified atom stereocenters. The number of pyridine rings is 1. The molecule has 1 N–H and O–H groups in total. The summed E-state index contributed by atoms with van der Waals surface area (Å²) in [5, 5.41) is 4.18. The van der Waals surface area contributed by atoms with Crippen molar-refractivity contribution in [3.05, 3.63) is 80.6 Å². The molecule has 5 heteroatoms. The van der Waals surface area contributed by atoms with E-state index in [1.807, 2.05) is 35.8 Å². The lowest BCUT2D eigenvalue weighted by Gasteiger charge is -2.16. The number of carbonyl (C=O) groups excluding carboxylic acids is 1. The predicted molar refractivity (Wildman–Crippen MR) is 104 cm³/mol. The second-order valence-electron chi connectivity index (χ2n) is 6.89. The quantitative estimate of drug-likeness (QED) is 0.752. The van der Waals surface area contributed by atoms with Crippen molar-refractivity contribution in [3.8, 4) is 0 Å². The van der Waals surface area contributed by atoms with Crippen molar-refractivity contribution in [2.24, 2.45) is 0 Å². The van der Waals surface area contributed by atoms with Crippen molar-refractivity contribution >= 4 is 28.4 Å². The largest absolute Gasteiger partial charge is 0.345 e. The number of rotatable bonds is 3. The molecule has 1 aliphatic heterocycles. The highest BCUT2D eigenvalue weighted by Gasteiger charge is 2.24. The van der Waals surface area contributed by atoms with Gasteiger partial charge in [-0.05, 0) is 49.6 Å². The zero-order valence-corrected chi connectivity index (χ0v) is 15.4. The van der Waals surface area contributed by atoms with Crippen molar-refractivity contribution < 1.29 is 4.79 Å². The van der Waals surface area contributed by atoms with Gasteiger partial charge >= 0.3 is 0 Å². The summed E-state index contributed by atoms with van der Waals surface area (Å²) in [6, 6.07) is 13.1. The van der Waals surface area contributed by atoms with Crippen LogP contribution in [0.4, 0.5) is 0 Å². The van der Waals surface area contributed by atoms with Crippen molar-refractivity contribution in [3.63, 3.8) is 0 Å². The van der Waals surface area contributed by atoms with E-state index in [1.165, 1.54) is 0 Å². The first-order valence-electron chi connectivity index (χ1n) is 8.69. The van der Waals surface area contributed by atoms with Crippen molar-refractivity contribution in [2.75, 3.05) is 0 Å². The van der Waals surface area contributed by atoms with Gasteiger partial charge in [0.2, 0.25) is 5.43 Å². The van der Waals surface area contributed by atoms with Crippen LogP contribution >= 0.6 is 11.6 Å². The Balaban J connectivity index is 1.71. The summed E-state index contributed by atoms with van der Waals surface area (Å²) in [7, 11) is 0. The number of carbonyl (C=O) groups is 1. The van der Waals surface area contributed by atoms with Crippen LogP contribution in [0, 0.1) is 0 Å². The molecule has 0 fully saturated rings. The van der Waals surface area contributed by atoms with Crippen LogP contribution in [-0.4, -0.2) is 10.5 Å². The molecule has 2 aromatic carbocycles. The molecule has 0 aliphatic carbocycles. The van der Waals surface area contributed by atoms with E-state index in [0.717, 1.165) is 23.1 Å². The average molecular weight is 367 g/mol. The highest BCUT2D eigenvalue weighted by atomic mass is 35.5. The maximum Gasteiger partial charge on any atom is 0.257 e. The number of nitrogens with one attached hydrogen (secondary N) is 1. The Morgan fingerprint density at radius 2 is 1.96 bits per heavy atom. The lowest BCUT2D eigenvalue weighted by atomic mass is 10.1. The van der Waals surface area contributed by atoms with E-state index >= 15 is 0 Å². The van der Waals surface area contributed by atoms with Gasteiger partial charge in [-0.1, -0.05) is 35.9 Å². The SMILES string of the molecule is C[C@H](NC(=O)c1cn2c3c(cccc3c1=O)C[C@H]2C)c1ccc(Cl)cc1. The van der Waals surface area contributed by atoms with Crippen LogP contribution < -0.4 is 10.7 Å². The zero-order valence-electron chi connectivity index (χ0n) is 14.6. The Morgan fingerprint density at radius 3 is 2.69 bits per heavy atom. The summed E-state index contributed by atoms with van der Waals surface area (Å²) in [5.74, 6) is -0.354. The fourth-order valence-electron chi connectivity index (χ4n) is 3.69. The number of hydrogen-bond donors (Lipinski definition) is 1. The van der Waals surface area contributed by atoms with Gasteiger partial charge in [-0.2, -0.15) is 0 Å². The van der Waals surface area contributed by atoms with Gasteiger partial charge in [0.25, 0.3) is 5.91 Å². The fourth-order valence-corrected chi connectivity index (χ4v) is 3.81. The number of nitrogens with zero attached hydrogens (tertiary/aromatic N) is 1. The van der Waals surface area contributed by atoms with Crippen molar-refractivity contribution in [2.45, 2.75) is 32.4 Å². The summed E-state index contributed by atoms with van der Waals surface area (Å²) in [6.45, 7) is 3.99. The van der Waals surface area contributed by atoms with Gasteiger partial charge < -0.3 is 9.88 Å². The van der Waals surface area contributed by atoms with Gasteiger partial charge in [-0.3, -0.25) is 9.59 Å². The van der Waals surface area contributed by atoms with Gasteiger partial charge in [0, 0.05) is 22.6 Å². The smallest absolute Gasteiger partial charge is 0.257 e. The van der Waals surface area contributed by atoms with Crippen molar-refractivity contribution in [1.29, 1.82) is 0 Å². The van der Waals surface area contributed by atoms with Crippen LogP contribution in [0.15, 0.2) is 53.5 Å². The van der Waals surface area contributed by atoms with Crippen LogP contribution in [0.5, 0.6) is 0 Å². The maximum absolute atomic E-state index is 12.9. The number of hydrogen-bond acceptors (Lipinski definition) is 2. The Bertz CT molecular complexity index is 1070. The molecule has 132 valence electrons. The molecular weight excluding hydrogens is 348 g/mol. The molecule has 4 nitrogen and oxygen atoms in total. The minimum Gasteiger partial charge on any atom is -0.345 e. The molecule has 0 radical (unpaired) electrons. The molecule has 2 heterocycles. The number of aromatic nitrogens is 1. The minimum absolute atomic E-state index is 0.184. The third kappa shape index (κ3) is 2.71. The zero-order chi connectivity index (χ0) is 18.4. The molecular formula is C21H19ClN2O2. The summed E-state index contributed by atoms with van der Waals surface area (Å²) >= 11 is 5.91. The molecule has 1 aliphatic rings. The minimum atomic E-state index is -0.354. The number of para-hydroxylation sites is 1. The van der Waals surface area contributed by atoms with E-state index < -0.39 is 0 Å². The monoisotopic (exact) mass is 366 g/mol. The summed E-state index contributed by atoms with van der Waals surface area (Å²) in [6.07, 6.45) is 2.58. The second kappa shape index (κ2) is 6.29. The Morgan fingerprint density at radius 1 is 1.23 bits per heavy atom. The Kier molecular flexibility index (Phi) is 4.08. The van der Waals surface area contributed by atoms with Gasteiger partial charge in [-0.25, -0.2) is 0 Å². The van der Waals surface area contributed by atoms with E-state index in [1.54, 1.807) is 24.4 Å². The van der Waals surface area contributed by atoms with Crippen molar-refractivity contribution in [1.82, 2.24) is 9.88 Å². The third-order valence-electron chi connectivity index (χ3n) is 5.09. The summed E-state index contributed by atoms with van der Waals surface area (Å²) in [4.78, 5) is 25.7. The summed E-state index contributed by atoms with van der Waals surface area (Å²) < 4.78 is 2.05. The van der Waals surface area contributed by atoms with E-state index in [-0.39, 0.29) is 29.0 Å². The highest BCUT2D eigenvalue weighted by molar-refractivity contribution is 6.30. The standard InChI is InChI=1S/C21H19ClN2O2/c1-12-10-15-4-3-5-17-19(15)24(12)11-18(20(17)25)21(26)23-13(2)14-6-8-16(22)9-7-14/h3-9,11-13H,10H2,1-2H3,(H,23,26)/t12-,13+/m1/s1. The van der Waals surface area contributed by atoms with Gasteiger partial charge in [0.05, 0.1) is 11.6 Å². The highest BCUT2D eigenvalue weighted by Crippen LogP contribution is 2.31. The number of benzene rings is 2. The van der Waals surface area contributed by atoms with Crippen LogP contribution in [0.25, 0.3) is 10.9 Å². The third-order valence-corrected chi connectivity index (χ3v) is 5.34. The first-order valence-corrected chi connectivity index (χ1v) is 9.06. The van der Waals surface area contributed by atoms with Crippen LogP contribution in [-0.2, 0) is 6.42 Å². The van der Waals surface area contributed by atoms with Gasteiger partial charge in [-0.15, -0.1) is 0 Å². The molecule has 0 bridgehead atoms. The normalized spacial score (nSPS) is 16.7. The number of halogens is 1. The second-order valence-corrected chi connectivity index (χ2v) is 7.33. The van der Waals surface area contributed by atoms with Gasteiger partial charge in [0.1, 0.15) is 5.56 Å². The first-order chi connectivity index (χ1) is 12.5. The molecule has 0 saturated carbocycles. The van der Waals surface area contributed by atoms with E-state index in [0.29, 0.717) is 10.4 Å². The van der Waals surface area contributed by atoms with E-state index in [2.05, 4.69) is 12.2 Å². The molecule has 1 aromatic heterocycles. The average Bonchev–Trinajstić information content (AvgIpc) is 2.94. The molecule has 0 spiro atoms. The van der Waals surface area contributed by atoms with Crippen LogP contribution in [0.3, 0.4) is 0 Å². The number of amides is 1. The lowest BCUT2D eigenvalue weighted by Crippen LogP contribution is -2.31. The Hall–Kier alpha value is -2.59. The van der Waals surface area contributed by atoms with E-state index in [4.69, 9.17) is 11.6 Å². The topological polar surface area (TPSA) is 51.1 Å². The molecule has 0 saturated heterocycles. The molecule has 4 rings (SSSR count). The maximum atomic E-state index is 12.9. The fraction of sp³-hybridized carbons (Fsp3) is 0.238. The molecule has 1 amide bonds. The van der Waals surface area contributed by atoms with Gasteiger partial charge in [0.15, 0.2) is 0 Å². The van der Waals surface area contributed by atoms with Crippen LogP contribution in [0.2, 0.25) is 5.02 Å². The lowest BCUT2D eigenvalue weighted by molar-refractivity contribution is 0.0938. The Labute approximate surface area is 156 Å². The van der Waals surface area contributed by atoms with E-state index in [9.17, 15) is 9.59 Å².